The van der Waals surface area contributed by atoms with Crippen molar-refractivity contribution in [1.82, 2.24) is 5.32 Å². The maximum atomic E-state index is 12.2. The smallest absolute Gasteiger partial charge is 0.251 e. The van der Waals surface area contributed by atoms with Crippen LogP contribution in [0.15, 0.2) is 83.8 Å². The van der Waals surface area contributed by atoms with Gasteiger partial charge in [0.25, 0.3) is 5.91 Å². The first-order valence-electron chi connectivity index (χ1n) is 8.53. The van der Waals surface area contributed by atoms with Crippen LogP contribution in [0.5, 0.6) is 5.75 Å². The molecule has 3 aromatic carbocycles. The SMILES string of the molecule is O=C(NCCc1cccc(O)c1)c1ccc(SCc2ccccc2)cc1. The summed E-state index contributed by atoms with van der Waals surface area (Å²) >= 11 is 1.76. The number of phenols is 1. The molecule has 0 heterocycles. The van der Waals surface area contributed by atoms with Crippen LogP contribution in [0.1, 0.15) is 21.5 Å². The van der Waals surface area contributed by atoms with Gasteiger partial charge in [0.15, 0.2) is 0 Å². The lowest BCUT2D eigenvalue weighted by Crippen LogP contribution is -2.25. The maximum Gasteiger partial charge on any atom is 0.251 e. The van der Waals surface area contributed by atoms with E-state index in [-0.39, 0.29) is 11.7 Å². The third-order valence-electron chi connectivity index (χ3n) is 3.97. The summed E-state index contributed by atoms with van der Waals surface area (Å²) in [5, 5.41) is 12.4. The summed E-state index contributed by atoms with van der Waals surface area (Å²) in [5.41, 5.74) is 2.94. The Morgan fingerprint density at radius 3 is 2.35 bits per heavy atom. The third kappa shape index (κ3) is 5.39. The molecule has 26 heavy (non-hydrogen) atoms. The van der Waals surface area contributed by atoms with Gasteiger partial charge < -0.3 is 10.4 Å². The molecule has 0 aliphatic heterocycles. The van der Waals surface area contributed by atoms with E-state index in [2.05, 4.69) is 17.4 Å². The highest BCUT2D eigenvalue weighted by Crippen LogP contribution is 2.23. The highest BCUT2D eigenvalue weighted by molar-refractivity contribution is 7.98. The van der Waals surface area contributed by atoms with Gasteiger partial charge in [0.05, 0.1) is 0 Å². The lowest BCUT2D eigenvalue weighted by atomic mass is 10.1. The number of hydrogen-bond donors (Lipinski definition) is 2. The predicted molar refractivity (Wildman–Crippen MR) is 107 cm³/mol. The van der Waals surface area contributed by atoms with Gasteiger partial charge in [-0.15, -0.1) is 11.8 Å². The Kier molecular flexibility index (Phi) is 6.34. The van der Waals surface area contributed by atoms with Gasteiger partial charge in [-0.05, 0) is 53.9 Å². The Morgan fingerprint density at radius 1 is 0.885 bits per heavy atom. The molecule has 3 nitrogen and oxygen atoms in total. The zero-order valence-corrected chi connectivity index (χ0v) is 15.2. The van der Waals surface area contributed by atoms with E-state index in [1.807, 2.05) is 48.5 Å². The number of rotatable bonds is 7. The van der Waals surface area contributed by atoms with Crippen LogP contribution >= 0.6 is 11.8 Å². The quantitative estimate of drug-likeness (QED) is 0.601. The summed E-state index contributed by atoms with van der Waals surface area (Å²) in [5.74, 6) is 1.08. The van der Waals surface area contributed by atoms with Crippen LogP contribution < -0.4 is 5.32 Å². The lowest BCUT2D eigenvalue weighted by Gasteiger charge is -2.07. The number of thioether (sulfide) groups is 1. The van der Waals surface area contributed by atoms with E-state index in [1.165, 1.54) is 5.56 Å². The first-order chi connectivity index (χ1) is 12.7. The minimum atomic E-state index is -0.0789. The summed E-state index contributed by atoms with van der Waals surface area (Å²) in [6.45, 7) is 0.535. The molecule has 0 saturated heterocycles. The highest BCUT2D eigenvalue weighted by atomic mass is 32.2. The number of carbonyl (C=O) groups excluding carboxylic acids is 1. The Morgan fingerprint density at radius 2 is 1.62 bits per heavy atom. The van der Waals surface area contributed by atoms with Crippen LogP contribution in [0.2, 0.25) is 0 Å². The van der Waals surface area contributed by atoms with Gasteiger partial charge in [-0.25, -0.2) is 0 Å². The van der Waals surface area contributed by atoms with Gasteiger partial charge in [0.2, 0.25) is 0 Å². The van der Waals surface area contributed by atoms with Crippen molar-refractivity contribution in [1.29, 1.82) is 0 Å². The van der Waals surface area contributed by atoms with Crippen LogP contribution in [-0.4, -0.2) is 17.6 Å². The summed E-state index contributed by atoms with van der Waals surface area (Å²) in [6.07, 6.45) is 0.686. The van der Waals surface area contributed by atoms with Crippen LogP contribution in [0.4, 0.5) is 0 Å². The highest BCUT2D eigenvalue weighted by Gasteiger charge is 2.05. The van der Waals surface area contributed by atoms with Gasteiger partial charge in [-0.3, -0.25) is 4.79 Å². The second-order valence-corrected chi connectivity index (χ2v) is 7.02. The molecule has 132 valence electrons. The van der Waals surface area contributed by atoms with Crippen molar-refractivity contribution >= 4 is 17.7 Å². The average Bonchev–Trinajstić information content (AvgIpc) is 2.67. The molecule has 2 N–H and O–H groups in total. The Hall–Kier alpha value is -2.72. The fraction of sp³-hybridized carbons (Fsp3) is 0.136. The Labute approximate surface area is 158 Å². The topological polar surface area (TPSA) is 49.3 Å². The first-order valence-corrected chi connectivity index (χ1v) is 9.52. The molecule has 0 unspecified atom stereocenters. The van der Waals surface area contributed by atoms with Gasteiger partial charge in [-0.2, -0.15) is 0 Å². The van der Waals surface area contributed by atoms with Crippen molar-refractivity contribution in [3.63, 3.8) is 0 Å². The predicted octanol–water partition coefficient (Wildman–Crippen LogP) is 4.66. The molecule has 0 aliphatic rings. The van der Waals surface area contributed by atoms with E-state index in [0.29, 0.717) is 18.5 Å². The molecule has 4 heteroatoms. The Balaban J connectivity index is 1.47. The van der Waals surface area contributed by atoms with E-state index in [4.69, 9.17) is 0 Å². The van der Waals surface area contributed by atoms with Crippen molar-refractivity contribution in [3.8, 4) is 5.75 Å². The van der Waals surface area contributed by atoms with E-state index >= 15 is 0 Å². The standard InChI is InChI=1S/C22H21NO2S/c24-20-8-4-7-17(15-20)13-14-23-22(25)19-9-11-21(12-10-19)26-16-18-5-2-1-3-6-18/h1-12,15,24H,13-14,16H2,(H,23,25). The number of amides is 1. The fourth-order valence-electron chi connectivity index (χ4n) is 2.58. The lowest BCUT2D eigenvalue weighted by molar-refractivity contribution is 0.0954. The Bertz CT molecular complexity index is 848. The van der Waals surface area contributed by atoms with Crippen molar-refractivity contribution in [2.45, 2.75) is 17.1 Å². The number of nitrogens with one attached hydrogen (secondary N) is 1. The van der Waals surface area contributed by atoms with Crippen molar-refractivity contribution in [3.05, 3.63) is 95.6 Å². The largest absolute Gasteiger partial charge is 0.508 e. The van der Waals surface area contributed by atoms with Gasteiger partial charge in [-0.1, -0.05) is 42.5 Å². The molecular formula is C22H21NO2S. The molecule has 3 rings (SSSR count). The van der Waals surface area contributed by atoms with Gasteiger partial charge in [0, 0.05) is 22.8 Å². The molecule has 1 amide bonds. The van der Waals surface area contributed by atoms with E-state index in [0.717, 1.165) is 16.2 Å². The molecule has 0 radical (unpaired) electrons. The molecule has 0 aromatic heterocycles. The number of hydrogen-bond acceptors (Lipinski definition) is 3. The molecular weight excluding hydrogens is 342 g/mol. The van der Waals surface area contributed by atoms with Crippen molar-refractivity contribution in [2.75, 3.05) is 6.54 Å². The second-order valence-electron chi connectivity index (χ2n) is 5.97. The number of aromatic hydroxyl groups is 1. The summed E-state index contributed by atoms with van der Waals surface area (Å²) in [7, 11) is 0. The van der Waals surface area contributed by atoms with E-state index in [1.54, 1.807) is 30.0 Å². The number of benzene rings is 3. The first kappa shape index (κ1) is 18.1. The van der Waals surface area contributed by atoms with Gasteiger partial charge in [0.1, 0.15) is 5.75 Å². The molecule has 0 spiro atoms. The molecule has 0 fully saturated rings. The van der Waals surface area contributed by atoms with Crippen LogP contribution in [0.25, 0.3) is 0 Å². The summed E-state index contributed by atoms with van der Waals surface area (Å²) < 4.78 is 0. The van der Waals surface area contributed by atoms with Crippen molar-refractivity contribution in [2.24, 2.45) is 0 Å². The molecule has 0 aliphatic carbocycles. The summed E-state index contributed by atoms with van der Waals surface area (Å²) in [6, 6.07) is 25.1. The third-order valence-corrected chi connectivity index (χ3v) is 5.06. The minimum Gasteiger partial charge on any atom is -0.508 e. The van der Waals surface area contributed by atoms with Crippen molar-refractivity contribution < 1.29 is 9.90 Å². The zero-order valence-electron chi connectivity index (χ0n) is 14.4. The van der Waals surface area contributed by atoms with Gasteiger partial charge >= 0.3 is 0 Å². The zero-order chi connectivity index (χ0) is 18.2. The normalized spacial score (nSPS) is 10.5. The average molecular weight is 363 g/mol. The number of phenolic OH excluding ortho intramolecular Hbond substituents is 1. The molecule has 0 bridgehead atoms. The molecule has 3 aromatic rings. The molecule has 0 atom stereocenters. The maximum absolute atomic E-state index is 12.2. The van der Waals surface area contributed by atoms with Crippen LogP contribution in [0, 0.1) is 0 Å². The monoisotopic (exact) mass is 363 g/mol. The van der Waals surface area contributed by atoms with E-state index < -0.39 is 0 Å². The fourth-order valence-corrected chi connectivity index (χ4v) is 3.43. The van der Waals surface area contributed by atoms with Crippen LogP contribution in [-0.2, 0) is 12.2 Å². The molecule has 0 saturated carbocycles. The number of carbonyl (C=O) groups is 1. The van der Waals surface area contributed by atoms with Crippen LogP contribution in [0.3, 0.4) is 0 Å². The minimum absolute atomic E-state index is 0.0789. The van der Waals surface area contributed by atoms with E-state index in [9.17, 15) is 9.90 Å². The summed E-state index contributed by atoms with van der Waals surface area (Å²) in [4.78, 5) is 13.4. The second kappa shape index (κ2) is 9.11.